The fraction of sp³-hybridized carbons (Fsp3) is 0.667. The fourth-order valence-corrected chi connectivity index (χ4v) is 1.50. The highest BCUT2D eigenvalue weighted by Crippen LogP contribution is 2.11. The Morgan fingerprint density at radius 3 is 1.88 bits per heavy atom. The lowest BCUT2D eigenvalue weighted by molar-refractivity contribution is -0.137. The first-order valence-corrected chi connectivity index (χ1v) is 5.68. The Kier molecular flexibility index (Phi) is 8.21. The van der Waals surface area contributed by atoms with Crippen LogP contribution >= 0.6 is 0 Å². The van der Waals surface area contributed by atoms with Crippen LogP contribution in [0.3, 0.4) is 0 Å². The second kappa shape index (κ2) is 8.95. The van der Waals surface area contributed by atoms with Crippen LogP contribution in [0, 0.1) is 0 Å². The number of allylic oxidation sites excluding steroid dienone is 1. The van der Waals surface area contributed by atoms with E-state index in [1.54, 1.807) is 13.0 Å². The van der Waals surface area contributed by atoms with Gasteiger partial charge in [-0.1, -0.05) is 25.3 Å². The van der Waals surface area contributed by atoms with E-state index in [4.69, 9.17) is 10.2 Å². The van der Waals surface area contributed by atoms with Crippen molar-refractivity contribution in [2.75, 3.05) is 0 Å². The van der Waals surface area contributed by atoms with Gasteiger partial charge >= 0.3 is 11.9 Å². The Morgan fingerprint density at radius 1 is 0.938 bits per heavy atom. The molecule has 0 atom stereocenters. The average molecular weight is 228 g/mol. The van der Waals surface area contributed by atoms with Crippen LogP contribution in [0.5, 0.6) is 0 Å². The van der Waals surface area contributed by atoms with Crippen molar-refractivity contribution in [2.45, 2.75) is 51.9 Å². The van der Waals surface area contributed by atoms with Gasteiger partial charge in [0.05, 0.1) is 0 Å². The number of carboxylic acids is 2. The van der Waals surface area contributed by atoms with Gasteiger partial charge in [-0.05, 0) is 26.2 Å². The molecule has 0 saturated carbocycles. The molecule has 0 rings (SSSR count). The molecular formula is C12H20O4. The topological polar surface area (TPSA) is 74.6 Å². The largest absolute Gasteiger partial charge is 0.481 e. The molecule has 0 unspecified atom stereocenters. The summed E-state index contributed by atoms with van der Waals surface area (Å²) in [7, 11) is 0. The fourth-order valence-electron chi connectivity index (χ4n) is 1.50. The predicted molar refractivity (Wildman–Crippen MR) is 61.3 cm³/mol. The standard InChI is InChI=1S/C12H20O4/c1-2-10(12(15)16)8-6-4-3-5-7-9-11(13)14/h2H,3-9H2,1H3,(H,13,14)(H,15,16). The molecule has 92 valence electrons. The van der Waals surface area contributed by atoms with E-state index in [9.17, 15) is 9.59 Å². The molecule has 0 aromatic rings. The van der Waals surface area contributed by atoms with Gasteiger partial charge < -0.3 is 10.2 Å². The first-order chi connectivity index (χ1) is 7.57. The van der Waals surface area contributed by atoms with E-state index in [0.29, 0.717) is 18.4 Å². The van der Waals surface area contributed by atoms with E-state index >= 15 is 0 Å². The molecule has 0 aromatic carbocycles. The summed E-state index contributed by atoms with van der Waals surface area (Å²) in [5.74, 6) is -1.59. The third-order valence-electron chi connectivity index (χ3n) is 2.46. The summed E-state index contributed by atoms with van der Waals surface area (Å²) in [4.78, 5) is 20.9. The minimum Gasteiger partial charge on any atom is -0.481 e. The Morgan fingerprint density at radius 2 is 1.44 bits per heavy atom. The first-order valence-electron chi connectivity index (χ1n) is 5.68. The minimum absolute atomic E-state index is 0.231. The van der Waals surface area contributed by atoms with Crippen LogP contribution in [0.4, 0.5) is 0 Å². The van der Waals surface area contributed by atoms with E-state index in [1.165, 1.54) is 0 Å². The van der Waals surface area contributed by atoms with Crippen molar-refractivity contribution in [1.82, 2.24) is 0 Å². The lowest BCUT2D eigenvalue weighted by Gasteiger charge is -2.02. The molecule has 4 heteroatoms. The third kappa shape index (κ3) is 8.03. The number of rotatable bonds is 9. The van der Waals surface area contributed by atoms with E-state index in [0.717, 1.165) is 25.7 Å². The van der Waals surface area contributed by atoms with E-state index in [1.807, 2.05) is 0 Å². The van der Waals surface area contributed by atoms with Gasteiger partial charge in [-0.25, -0.2) is 4.79 Å². The van der Waals surface area contributed by atoms with Crippen molar-refractivity contribution in [3.63, 3.8) is 0 Å². The van der Waals surface area contributed by atoms with Crippen LogP contribution in [0.15, 0.2) is 11.6 Å². The normalized spacial score (nSPS) is 11.4. The van der Waals surface area contributed by atoms with Crippen molar-refractivity contribution in [3.05, 3.63) is 11.6 Å². The van der Waals surface area contributed by atoms with E-state index in [-0.39, 0.29) is 6.42 Å². The third-order valence-corrected chi connectivity index (χ3v) is 2.46. The molecule has 0 aliphatic rings. The van der Waals surface area contributed by atoms with Gasteiger partial charge in [-0.15, -0.1) is 0 Å². The summed E-state index contributed by atoms with van der Waals surface area (Å²) in [6, 6.07) is 0. The second-order valence-electron chi connectivity index (χ2n) is 3.78. The molecule has 0 heterocycles. The van der Waals surface area contributed by atoms with Crippen LogP contribution in [-0.2, 0) is 9.59 Å². The van der Waals surface area contributed by atoms with E-state index in [2.05, 4.69) is 0 Å². The van der Waals surface area contributed by atoms with Gasteiger partial charge in [0.15, 0.2) is 0 Å². The van der Waals surface area contributed by atoms with Crippen molar-refractivity contribution >= 4 is 11.9 Å². The van der Waals surface area contributed by atoms with Gasteiger partial charge in [0.25, 0.3) is 0 Å². The number of hydrogen-bond donors (Lipinski definition) is 2. The van der Waals surface area contributed by atoms with Crippen molar-refractivity contribution in [2.24, 2.45) is 0 Å². The van der Waals surface area contributed by atoms with Gasteiger partial charge in [0, 0.05) is 12.0 Å². The van der Waals surface area contributed by atoms with Crippen LogP contribution < -0.4 is 0 Å². The molecule has 2 N–H and O–H groups in total. The molecule has 0 amide bonds. The van der Waals surface area contributed by atoms with Crippen molar-refractivity contribution in [1.29, 1.82) is 0 Å². The molecule has 0 aromatic heterocycles. The minimum atomic E-state index is -0.839. The van der Waals surface area contributed by atoms with Crippen molar-refractivity contribution in [3.8, 4) is 0 Å². The second-order valence-corrected chi connectivity index (χ2v) is 3.78. The maximum Gasteiger partial charge on any atom is 0.331 e. The molecule has 16 heavy (non-hydrogen) atoms. The number of carboxylic acid groups (broad SMARTS) is 2. The lowest BCUT2D eigenvalue weighted by atomic mass is 10.1. The Bertz CT molecular complexity index is 256. The zero-order valence-corrected chi connectivity index (χ0v) is 9.74. The number of unbranched alkanes of at least 4 members (excludes halogenated alkanes) is 4. The molecule has 0 fully saturated rings. The summed E-state index contributed by atoms with van der Waals surface area (Å²) in [5, 5.41) is 17.2. The van der Waals surface area contributed by atoms with Gasteiger partial charge in [0.1, 0.15) is 0 Å². The molecule has 0 spiro atoms. The molecule has 4 nitrogen and oxygen atoms in total. The molecule has 0 saturated heterocycles. The zero-order valence-electron chi connectivity index (χ0n) is 9.74. The van der Waals surface area contributed by atoms with Gasteiger partial charge in [-0.2, -0.15) is 0 Å². The lowest BCUT2D eigenvalue weighted by Crippen LogP contribution is -2.00. The number of carbonyl (C=O) groups is 2. The number of aliphatic carboxylic acids is 2. The smallest absolute Gasteiger partial charge is 0.331 e. The average Bonchev–Trinajstić information content (AvgIpc) is 2.21. The highest BCUT2D eigenvalue weighted by atomic mass is 16.4. The summed E-state index contributed by atoms with van der Waals surface area (Å²) in [6.45, 7) is 1.73. The predicted octanol–water partition coefficient (Wildman–Crippen LogP) is 2.83. The first kappa shape index (κ1) is 14.7. The maximum atomic E-state index is 10.6. The molecule has 0 bridgehead atoms. The van der Waals surface area contributed by atoms with Crippen LogP contribution in [0.25, 0.3) is 0 Å². The summed E-state index contributed by atoms with van der Waals surface area (Å²) >= 11 is 0. The van der Waals surface area contributed by atoms with Crippen molar-refractivity contribution < 1.29 is 19.8 Å². The Balaban J connectivity index is 3.40. The molecule has 0 radical (unpaired) electrons. The zero-order chi connectivity index (χ0) is 12.4. The van der Waals surface area contributed by atoms with Crippen LogP contribution in [0.2, 0.25) is 0 Å². The maximum absolute atomic E-state index is 10.6. The number of hydrogen-bond acceptors (Lipinski definition) is 2. The Hall–Kier alpha value is -1.32. The highest BCUT2D eigenvalue weighted by Gasteiger charge is 2.04. The van der Waals surface area contributed by atoms with Crippen LogP contribution in [-0.4, -0.2) is 22.2 Å². The SMILES string of the molecule is CC=C(CCCCCCCC(=O)O)C(=O)O. The van der Waals surface area contributed by atoms with Gasteiger partial charge in [0.2, 0.25) is 0 Å². The summed E-state index contributed by atoms with van der Waals surface area (Å²) in [6.07, 6.45) is 6.88. The summed E-state index contributed by atoms with van der Waals surface area (Å²) in [5.41, 5.74) is 0.463. The quantitative estimate of drug-likeness (QED) is 0.470. The molecular weight excluding hydrogens is 208 g/mol. The van der Waals surface area contributed by atoms with E-state index < -0.39 is 11.9 Å². The monoisotopic (exact) mass is 228 g/mol. The Labute approximate surface area is 96.0 Å². The molecule has 0 aliphatic heterocycles. The molecule has 0 aliphatic carbocycles. The highest BCUT2D eigenvalue weighted by molar-refractivity contribution is 5.86. The van der Waals surface area contributed by atoms with Crippen LogP contribution in [0.1, 0.15) is 51.9 Å². The summed E-state index contributed by atoms with van der Waals surface area (Å²) < 4.78 is 0. The van der Waals surface area contributed by atoms with Gasteiger partial charge in [-0.3, -0.25) is 4.79 Å².